The van der Waals surface area contributed by atoms with Crippen LogP contribution in [0.15, 0.2) is 54.9 Å². The Labute approximate surface area is 124 Å². The molecule has 21 heavy (non-hydrogen) atoms. The van der Waals surface area contributed by atoms with E-state index in [1.165, 1.54) is 27.6 Å². The fourth-order valence-electron chi connectivity index (χ4n) is 3.13. The average Bonchev–Trinajstić information content (AvgIpc) is 2.89. The monoisotopic (exact) mass is 277 g/mol. The molecule has 0 amide bonds. The topological polar surface area (TPSA) is 20.2 Å². The predicted octanol–water partition coefficient (Wildman–Crippen LogP) is 3.50. The first-order valence-electron chi connectivity index (χ1n) is 7.37. The van der Waals surface area contributed by atoms with Crippen molar-refractivity contribution in [1.29, 1.82) is 0 Å². The summed E-state index contributed by atoms with van der Waals surface area (Å²) in [4.78, 5) is 2.28. The van der Waals surface area contributed by atoms with Crippen molar-refractivity contribution >= 4 is 16.5 Å². The number of nitrogens with one attached hydrogen (secondary N) is 1. The van der Waals surface area contributed by atoms with Crippen molar-refractivity contribution in [1.82, 2.24) is 9.47 Å². The Kier molecular flexibility index (Phi) is 2.93. The quantitative estimate of drug-likeness (QED) is 0.773. The average molecular weight is 277 g/mol. The summed E-state index contributed by atoms with van der Waals surface area (Å²) in [5.74, 6) is 0. The molecule has 3 aromatic rings. The summed E-state index contributed by atoms with van der Waals surface area (Å²) in [5, 5.41) is 6.12. The van der Waals surface area contributed by atoms with Crippen LogP contribution in [0.5, 0.6) is 0 Å². The molecule has 2 aromatic carbocycles. The molecule has 1 N–H and O–H groups in total. The van der Waals surface area contributed by atoms with Crippen molar-refractivity contribution in [2.24, 2.45) is 0 Å². The summed E-state index contributed by atoms with van der Waals surface area (Å²) in [6.45, 7) is 2.86. The van der Waals surface area contributed by atoms with Gasteiger partial charge in [0.05, 0.1) is 12.4 Å². The number of aromatic nitrogens is 1. The van der Waals surface area contributed by atoms with E-state index >= 15 is 0 Å². The van der Waals surface area contributed by atoms with Crippen molar-refractivity contribution in [3.8, 4) is 0 Å². The second-order valence-electron chi connectivity index (χ2n) is 5.86. The number of hydrogen-bond acceptors (Lipinski definition) is 2. The summed E-state index contributed by atoms with van der Waals surface area (Å²) in [6.07, 6.45) is 4.49. The number of anilines is 1. The van der Waals surface area contributed by atoms with E-state index in [9.17, 15) is 0 Å². The molecule has 0 unspecified atom stereocenters. The SMILES string of the molecule is CN1CNc2cn(Cc3cccc4ccccc34)cc2C1. The standard InChI is InChI=1S/C18H19N3/c1-20-9-16-11-21(12-18(16)19-13-20)10-15-7-4-6-14-5-2-3-8-17(14)15/h2-8,11-12,19H,9-10,13H2,1H3. The maximum Gasteiger partial charge on any atom is 0.0679 e. The molecule has 1 aromatic heterocycles. The third-order valence-corrected chi connectivity index (χ3v) is 4.18. The number of rotatable bonds is 2. The van der Waals surface area contributed by atoms with Gasteiger partial charge in [-0.2, -0.15) is 0 Å². The first-order valence-corrected chi connectivity index (χ1v) is 7.37. The van der Waals surface area contributed by atoms with Gasteiger partial charge in [-0.25, -0.2) is 0 Å². The Balaban J connectivity index is 1.69. The minimum absolute atomic E-state index is 0.916. The Bertz CT molecular complexity index is 783. The van der Waals surface area contributed by atoms with E-state index in [0.29, 0.717) is 0 Å². The minimum Gasteiger partial charge on any atom is -0.371 e. The van der Waals surface area contributed by atoms with Gasteiger partial charge in [-0.1, -0.05) is 42.5 Å². The summed E-state index contributed by atoms with van der Waals surface area (Å²) in [6, 6.07) is 15.1. The van der Waals surface area contributed by atoms with Crippen molar-refractivity contribution in [2.45, 2.75) is 13.1 Å². The molecule has 0 saturated heterocycles. The van der Waals surface area contributed by atoms with Crippen LogP contribution in [0.1, 0.15) is 11.1 Å². The molecular weight excluding hydrogens is 258 g/mol. The van der Waals surface area contributed by atoms with Crippen molar-refractivity contribution < 1.29 is 0 Å². The van der Waals surface area contributed by atoms with Crippen LogP contribution in [0.3, 0.4) is 0 Å². The molecule has 0 fully saturated rings. The molecule has 3 nitrogen and oxygen atoms in total. The number of hydrogen-bond donors (Lipinski definition) is 1. The largest absolute Gasteiger partial charge is 0.371 e. The van der Waals surface area contributed by atoms with E-state index in [4.69, 9.17) is 0 Å². The van der Waals surface area contributed by atoms with Crippen LogP contribution < -0.4 is 5.32 Å². The lowest BCUT2D eigenvalue weighted by Gasteiger charge is -2.23. The van der Waals surface area contributed by atoms with Crippen LogP contribution in [0.2, 0.25) is 0 Å². The Hall–Kier alpha value is -2.26. The molecule has 0 saturated carbocycles. The normalized spacial score (nSPS) is 14.9. The molecule has 0 spiro atoms. The van der Waals surface area contributed by atoms with Crippen molar-refractivity contribution in [2.75, 3.05) is 19.0 Å². The van der Waals surface area contributed by atoms with E-state index in [2.05, 4.69) is 76.7 Å². The molecule has 0 radical (unpaired) electrons. The zero-order valence-electron chi connectivity index (χ0n) is 12.2. The van der Waals surface area contributed by atoms with Crippen LogP contribution in [0, 0.1) is 0 Å². The molecule has 1 aliphatic rings. The van der Waals surface area contributed by atoms with Gasteiger partial charge in [0.2, 0.25) is 0 Å². The molecule has 0 atom stereocenters. The van der Waals surface area contributed by atoms with E-state index in [1.807, 2.05) is 0 Å². The molecule has 1 aliphatic heterocycles. The Morgan fingerprint density at radius 2 is 1.90 bits per heavy atom. The van der Waals surface area contributed by atoms with E-state index in [1.54, 1.807) is 0 Å². The van der Waals surface area contributed by atoms with Crippen molar-refractivity contribution in [3.63, 3.8) is 0 Å². The maximum absolute atomic E-state index is 3.46. The molecule has 106 valence electrons. The Morgan fingerprint density at radius 3 is 2.86 bits per heavy atom. The maximum atomic E-state index is 3.46. The molecule has 0 aliphatic carbocycles. The highest BCUT2D eigenvalue weighted by molar-refractivity contribution is 5.85. The first kappa shape index (κ1) is 12.5. The van der Waals surface area contributed by atoms with Crippen LogP contribution in [0.4, 0.5) is 5.69 Å². The van der Waals surface area contributed by atoms with Gasteiger partial charge >= 0.3 is 0 Å². The molecule has 3 heteroatoms. The van der Waals surface area contributed by atoms with Crippen LogP contribution >= 0.6 is 0 Å². The van der Waals surface area contributed by atoms with E-state index in [-0.39, 0.29) is 0 Å². The molecule has 4 rings (SSSR count). The second-order valence-corrected chi connectivity index (χ2v) is 5.86. The summed E-state index contributed by atoms with van der Waals surface area (Å²) >= 11 is 0. The number of benzene rings is 2. The molecular formula is C18H19N3. The number of fused-ring (bicyclic) bond motifs is 2. The van der Waals surface area contributed by atoms with Gasteiger partial charge in [0.25, 0.3) is 0 Å². The van der Waals surface area contributed by atoms with Crippen LogP contribution in [0.25, 0.3) is 10.8 Å². The smallest absolute Gasteiger partial charge is 0.0679 e. The highest BCUT2D eigenvalue weighted by Gasteiger charge is 2.14. The van der Waals surface area contributed by atoms with Crippen LogP contribution in [-0.2, 0) is 13.1 Å². The van der Waals surface area contributed by atoms with Crippen molar-refractivity contribution in [3.05, 3.63) is 66.0 Å². The Morgan fingerprint density at radius 1 is 1.05 bits per heavy atom. The fourth-order valence-corrected chi connectivity index (χ4v) is 3.13. The van der Waals surface area contributed by atoms with Gasteiger partial charge in [-0.3, -0.25) is 4.90 Å². The molecule has 2 heterocycles. The highest BCUT2D eigenvalue weighted by Crippen LogP contribution is 2.25. The zero-order valence-corrected chi connectivity index (χ0v) is 12.2. The first-order chi connectivity index (χ1) is 10.3. The van der Waals surface area contributed by atoms with Gasteiger partial charge in [0, 0.05) is 31.0 Å². The predicted molar refractivity (Wildman–Crippen MR) is 87.4 cm³/mol. The lowest BCUT2D eigenvalue weighted by atomic mass is 10.0. The van der Waals surface area contributed by atoms with Gasteiger partial charge < -0.3 is 9.88 Å². The van der Waals surface area contributed by atoms with Gasteiger partial charge in [-0.05, 0) is 23.4 Å². The lowest BCUT2D eigenvalue weighted by molar-refractivity contribution is 0.341. The summed E-state index contributed by atoms with van der Waals surface area (Å²) in [7, 11) is 2.14. The second kappa shape index (κ2) is 4.93. The van der Waals surface area contributed by atoms with E-state index in [0.717, 1.165) is 19.8 Å². The third-order valence-electron chi connectivity index (χ3n) is 4.18. The molecule has 0 bridgehead atoms. The number of nitrogens with zero attached hydrogens (tertiary/aromatic N) is 2. The zero-order chi connectivity index (χ0) is 14.2. The van der Waals surface area contributed by atoms with Gasteiger partial charge in [0.1, 0.15) is 0 Å². The highest BCUT2D eigenvalue weighted by atomic mass is 15.2. The summed E-state index contributed by atoms with van der Waals surface area (Å²) < 4.78 is 2.29. The summed E-state index contributed by atoms with van der Waals surface area (Å²) in [5.41, 5.74) is 4.02. The minimum atomic E-state index is 0.916. The lowest BCUT2D eigenvalue weighted by Crippen LogP contribution is -2.29. The van der Waals surface area contributed by atoms with Gasteiger partial charge in [-0.15, -0.1) is 0 Å². The van der Waals surface area contributed by atoms with Crippen LogP contribution in [-0.4, -0.2) is 23.2 Å². The third kappa shape index (κ3) is 2.30. The fraction of sp³-hybridized carbons (Fsp3) is 0.222. The van der Waals surface area contributed by atoms with Gasteiger partial charge in [0.15, 0.2) is 0 Å². The van der Waals surface area contributed by atoms with E-state index < -0.39 is 0 Å².